The summed E-state index contributed by atoms with van der Waals surface area (Å²) in [4.78, 5) is 24.1. The molecule has 0 bridgehead atoms. The second-order valence-corrected chi connectivity index (χ2v) is 8.84. The lowest BCUT2D eigenvalue weighted by Gasteiger charge is -2.06. The SMILES string of the molecule is Cc1nc(NC(=O)c2cc(-c3cccs3)nn2-c2ccccc2)sc1-c1nccn1C. The first-order valence-electron chi connectivity index (χ1n) is 9.56. The number of aryl methyl sites for hydroxylation is 2. The van der Waals surface area contributed by atoms with Crippen LogP contribution in [0.15, 0.2) is 66.3 Å². The van der Waals surface area contributed by atoms with E-state index in [0.29, 0.717) is 10.8 Å². The molecule has 4 aromatic heterocycles. The number of amides is 1. The molecule has 0 unspecified atom stereocenters. The maximum Gasteiger partial charge on any atom is 0.276 e. The highest BCUT2D eigenvalue weighted by atomic mass is 32.1. The molecule has 4 heterocycles. The van der Waals surface area contributed by atoms with Gasteiger partial charge in [0.15, 0.2) is 11.0 Å². The van der Waals surface area contributed by atoms with Crippen LogP contribution in [0.25, 0.3) is 27.0 Å². The van der Waals surface area contributed by atoms with Crippen molar-refractivity contribution in [1.29, 1.82) is 0 Å². The molecule has 9 heteroatoms. The van der Waals surface area contributed by atoms with Crippen molar-refractivity contribution in [2.24, 2.45) is 7.05 Å². The summed E-state index contributed by atoms with van der Waals surface area (Å²) in [7, 11) is 1.93. The molecule has 0 radical (unpaired) electrons. The van der Waals surface area contributed by atoms with Crippen LogP contribution in [0, 0.1) is 6.92 Å². The van der Waals surface area contributed by atoms with E-state index in [-0.39, 0.29) is 5.91 Å². The largest absolute Gasteiger partial charge is 0.333 e. The average Bonchev–Trinajstić information content (AvgIpc) is 3.55. The van der Waals surface area contributed by atoms with Gasteiger partial charge in [0.2, 0.25) is 0 Å². The number of thiophene rings is 1. The molecule has 1 aromatic carbocycles. The Bertz CT molecular complexity index is 1350. The Kier molecular flexibility index (Phi) is 4.97. The summed E-state index contributed by atoms with van der Waals surface area (Å²) >= 11 is 2.99. The Balaban J connectivity index is 1.50. The predicted molar refractivity (Wildman–Crippen MR) is 124 cm³/mol. The molecule has 0 aliphatic rings. The van der Waals surface area contributed by atoms with Crippen molar-refractivity contribution in [2.75, 3.05) is 5.32 Å². The van der Waals surface area contributed by atoms with Crippen LogP contribution >= 0.6 is 22.7 Å². The molecule has 0 saturated carbocycles. The lowest BCUT2D eigenvalue weighted by atomic mass is 10.3. The molecule has 5 aromatic rings. The summed E-state index contributed by atoms with van der Waals surface area (Å²) in [5.74, 6) is 0.559. The minimum atomic E-state index is -0.265. The van der Waals surface area contributed by atoms with Crippen molar-refractivity contribution in [3.63, 3.8) is 0 Å². The van der Waals surface area contributed by atoms with Gasteiger partial charge in [-0.1, -0.05) is 35.6 Å². The number of rotatable bonds is 5. The minimum absolute atomic E-state index is 0.265. The molecule has 0 atom stereocenters. The number of aromatic nitrogens is 5. The molecule has 0 aliphatic heterocycles. The van der Waals surface area contributed by atoms with Gasteiger partial charge in [0.05, 0.1) is 21.1 Å². The summed E-state index contributed by atoms with van der Waals surface area (Å²) in [6, 6.07) is 15.4. The molecule has 0 aliphatic carbocycles. The number of carbonyl (C=O) groups excluding carboxylic acids is 1. The van der Waals surface area contributed by atoms with Crippen LogP contribution in [0.5, 0.6) is 0 Å². The molecule has 1 N–H and O–H groups in total. The van der Waals surface area contributed by atoms with E-state index in [1.54, 1.807) is 22.2 Å². The fraction of sp³-hybridized carbons (Fsp3) is 0.0909. The first-order chi connectivity index (χ1) is 15.1. The molecule has 7 nitrogen and oxygen atoms in total. The Morgan fingerprint density at radius 2 is 1.97 bits per heavy atom. The zero-order valence-electron chi connectivity index (χ0n) is 16.8. The summed E-state index contributed by atoms with van der Waals surface area (Å²) in [6.45, 7) is 1.92. The van der Waals surface area contributed by atoms with Crippen LogP contribution in [-0.2, 0) is 7.05 Å². The van der Waals surface area contributed by atoms with E-state index >= 15 is 0 Å². The number of benzene rings is 1. The molecule has 31 heavy (non-hydrogen) atoms. The van der Waals surface area contributed by atoms with Gasteiger partial charge in [-0.05, 0) is 36.6 Å². The molecule has 1 amide bonds. The Hall–Kier alpha value is -3.56. The summed E-state index contributed by atoms with van der Waals surface area (Å²) in [5.41, 5.74) is 2.85. The second-order valence-electron chi connectivity index (χ2n) is 6.89. The lowest BCUT2D eigenvalue weighted by molar-refractivity contribution is 0.101. The van der Waals surface area contributed by atoms with Gasteiger partial charge >= 0.3 is 0 Å². The first-order valence-corrected chi connectivity index (χ1v) is 11.3. The number of hydrogen-bond acceptors (Lipinski definition) is 6. The molecule has 0 spiro atoms. The normalized spacial score (nSPS) is 11.0. The number of anilines is 1. The summed E-state index contributed by atoms with van der Waals surface area (Å²) in [6.07, 6.45) is 3.63. The van der Waals surface area contributed by atoms with E-state index < -0.39 is 0 Å². The van der Waals surface area contributed by atoms with Gasteiger partial charge in [0.25, 0.3) is 5.91 Å². The van der Waals surface area contributed by atoms with Gasteiger partial charge in [-0.3, -0.25) is 10.1 Å². The average molecular weight is 447 g/mol. The van der Waals surface area contributed by atoms with Gasteiger partial charge in [0, 0.05) is 19.4 Å². The fourth-order valence-electron chi connectivity index (χ4n) is 3.26. The highest BCUT2D eigenvalue weighted by Crippen LogP contribution is 2.32. The van der Waals surface area contributed by atoms with E-state index in [0.717, 1.165) is 32.7 Å². The van der Waals surface area contributed by atoms with Crippen molar-refractivity contribution in [3.8, 4) is 27.0 Å². The lowest BCUT2D eigenvalue weighted by Crippen LogP contribution is -2.16. The van der Waals surface area contributed by atoms with Gasteiger partial charge < -0.3 is 4.57 Å². The third-order valence-electron chi connectivity index (χ3n) is 4.76. The monoisotopic (exact) mass is 446 g/mol. The van der Waals surface area contributed by atoms with Crippen molar-refractivity contribution in [3.05, 3.63) is 77.7 Å². The third-order valence-corrected chi connectivity index (χ3v) is 6.72. The Labute approximate surface area is 186 Å². The maximum absolute atomic E-state index is 13.2. The smallest absolute Gasteiger partial charge is 0.276 e. The van der Waals surface area contributed by atoms with Crippen molar-refractivity contribution in [2.45, 2.75) is 6.92 Å². The number of nitrogens with zero attached hydrogens (tertiary/aromatic N) is 5. The third kappa shape index (κ3) is 3.69. The van der Waals surface area contributed by atoms with Crippen molar-refractivity contribution < 1.29 is 4.79 Å². The Morgan fingerprint density at radius 1 is 1.13 bits per heavy atom. The standard InChI is InChI=1S/C22H18N6OS2/c1-14-19(20-23-10-11-27(20)2)31-22(24-14)25-21(29)17-13-16(18-9-6-12-30-18)26-28(17)15-7-4-3-5-8-15/h3-13H,1-2H3,(H,24,25,29). The zero-order valence-corrected chi connectivity index (χ0v) is 18.4. The van der Waals surface area contributed by atoms with E-state index in [4.69, 9.17) is 5.10 Å². The summed E-state index contributed by atoms with van der Waals surface area (Å²) in [5, 5.41) is 10.2. The molecule has 5 rings (SSSR count). The van der Waals surface area contributed by atoms with Crippen molar-refractivity contribution >= 4 is 33.7 Å². The van der Waals surface area contributed by atoms with Crippen LogP contribution in [0.1, 0.15) is 16.2 Å². The molecule has 154 valence electrons. The second kappa shape index (κ2) is 7.93. The van der Waals surface area contributed by atoms with Crippen LogP contribution in [0.3, 0.4) is 0 Å². The minimum Gasteiger partial charge on any atom is -0.333 e. The van der Waals surface area contributed by atoms with Gasteiger partial charge in [-0.25, -0.2) is 14.6 Å². The quantitative estimate of drug-likeness (QED) is 0.411. The highest BCUT2D eigenvalue weighted by Gasteiger charge is 2.21. The van der Waals surface area contributed by atoms with E-state index in [2.05, 4.69) is 15.3 Å². The van der Waals surface area contributed by atoms with E-state index in [9.17, 15) is 4.79 Å². The van der Waals surface area contributed by atoms with Crippen LogP contribution in [-0.4, -0.2) is 30.2 Å². The van der Waals surface area contributed by atoms with Gasteiger partial charge in [-0.2, -0.15) is 5.10 Å². The first kappa shape index (κ1) is 19.4. The highest BCUT2D eigenvalue weighted by molar-refractivity contribution is 7.19. The van der Waals surface area contributed by atoms with Crippen molar-refractivity contribution in [1.82, 2.24) is 24.3 Å². The maximum atomic E-state index is 13.2. The number of carbonyl (C=O) groups is 1. The van der Waals surface area contributed by atoms with Crippen LogP contribution in [0.2, 0.25) is 0 Å². The van der Waals surface area contributed by atoms with Crippen LogP contribution in [0.4, 0.5) is 5.13 Å². The summed E-state index contributed by atoms with van der Waals surface area (Å²) < 4.78 is 3.61. The zero-order chi connectivity index (χ0) is 21.4. The molecular weight excluding hydrogens is 428 g/mol. The predicted octanol–water partition coefficient (Wildman–Crippen LogP) is 5.02. The number of hydrogen-bond donors (Lipinski definition) is 1. The van der Waals surface area contributed by atoms with E-state index in [1.807, 2.05) is 78.6 Å². The molecule has 0 fully saturated rings. The number of thiazole rings is 1. The molecule has 0 saturated heterocycles. The fourth-order valence-corrected chi connectivity index (χ4v) is 4.94. The molecular formula is C22H18N6OS2. The van der Waals surface area contributed by atoms with Gasteiger partial charge in [0.1, 0.15) is 11.4 Å². The number of nitrogens with one attached hydrogen (secondary N) is 1. The van der Waals surface area contributed by atoms with E-state index in [1.165, 1.54) is 11.3 Å². The topological polar surface area (TPSA) is 77.6 Å². The van der Waals surface area contributed by atoms with Crippen LogP contribution < -0.4 is 5.32 Å². The number of para-hydroxylation sites is 1. The Morgan fingerprint density at radius 3 is 2.68 bits per heavy atom. The van der Waals surface area contributed by atoms with Gasteiger partial charge in [-0.15, -0.1) is 11.3 Å². The number of imidazole rings is 1.